The minimum atomic E-state index is -3.38. The van der Waals surface area contributed by atoms with Crippen LogP contribution in [0.2, 0.25) is 0 Å². The molecule has 0 aromatic heterocycles. The predicted molar refractivity (Wildman–Crippen MR) is 74.6 cm³/mol. The van der Waals surface area contributed by atoms with Gasteiger partial charge in [0.1, 0.15) is 0 Å². The zero-order valence-electron chi connectivity index (χ0n) is 10.8. The molecule has 1 aromatic carbocycles. The highest BCUT2D eigenvalue weighted by Crippen LogP contribution is 2.22. The number of sulfonamides is 1. The zero-order chi connectivity index (χ0) is 13.9. The summed E-state index contributed by atoms with van der Waals surface area (Å²) in [7, 11) is -3.38. The minimum Gasteiger partial charge on any atom is -0.349 e. The van der Waals surface area contributed by atoms with Gasteiger partial charge in [0.25, 0.3) is 5.91 Å². The van der Waals surface area contributed by atoms with Gasteiger partial charge in [-0.25, -0.2) is 8.42 Å². The minimum absolute atomic E-state index is 0.0472. The maximum absolute atomic E-state index is 12.0. The van der Waals surface area contributed by atoms with Gasteiger partial charge in [-0.05, 0) is 31.4 Å². The van der Waals surface area contributed by atoms with E-state index in [2.05, 4.69) is 10.0 Å². The molecule has 2 N–H and O–H groups in total. The summed E-state index contributed by atoms with van der Waals surface area (Å²) in [5.41, 5.74) is 0.711. The lowest BCUT2D eigenvalue weighted by molar-refractivity contribution is 0.0952. The topological polar surface area (TPSA) is 75.3 Å². The van der Waals surface area contributed by atoms with E-state index in [0.717, 1.165) is 12.8 Å². The molecule has 0 atom stereocenters. The van der Waals surface area contributed by atoms with Crippen molar-refractivity contribution in [2.45, 2.75) is 32.2 Å². The molecule has 5 nitrogen and oxygen atoms in total. The Labute approximate surface area is 113 Å². The molecule has 0 bridgehead atoms. The number of hydrogen-bond acceptors (Lipinski definition) is 3. The standard InChI is InChI=1S/C13H18N2O3S/c1-2-9-19(17,18)15-12-6-4-3-5-11(12)13(16)14-10-7-8-10/h3-6,10,15H,2,7-9H2,1H3,(H,14,16). The SMILES string of the molecule is CCCS(=O)(=O)Nc1ccccc1C(=O)NC1CC1. The van der Waals surface area contributed by atoms with Gasteiger partial charge in [0.2, 0.25) is 10.0 Å². The Balaban J connectivity index is 2.17. The summed E-state index contributed by atoms with van der Waals surface area (Å²) in [5, 5.41) is 2.85. The van der Waals surface area contributed by atoms with Crippen LogP contribution in [0.1, 0.15) is 36.5 Å². The first-order chi connectivity index (χ1) is 9.02. The van der Waals surface area contributed by atoms with Gasteiger partial charge in [-0.1, -0.05) is 19.1 Å². The van der Waals surface area contributed by atoms with E-state index in [1.54, 1.807) is 31.2 Å². The first kappa shape index (κ1) is 13.9. The Morgan fingerprint density at radius 3 is 2.63 bits per heavy atom. The number of anilines is 1. The number of hydrogen-bond donors (Lipinski definition) is 2. The first-order valence-corrected chi connectivity index (χ1v) is 8.07. The van der Waals surface area contributed by atoms with E-state index in [-0.39, 0.29) is 17.7 Å². The van der Waals surface area contributed by atoms with Gasteiger partial charge < -0.3 is 5.32 Å². The molecule has 1 aliphatic carbocycles. The summed E-state index contributed by atoms with van der Waals surface area (Å²) in [5.74, 6) is -0.178. The average Bonchev–Trinajstić information content (AvgIpc) is 3.12. The highest BCUT2D eigenvalue weighted by molar-refractivity contribution is 7.92. The first-order valence-electron chi connectivity index (χ1n) is 6.42. The number of carbonyl (C=O) groups excluding carboxylic acids is 1. The van der Waals surface area contributed by atoms with Crippen LogP contribution in [-0.2, 0) is 10.0 Å². The van der Waals surface area contributed by atoms with Gasteiger partial charge in [-0.2, -0.15) is 0 Å². The van der Waals surface area contributed by atoms with Crippen molar-refractivity contribution in [3.05, 3.63) is 29.8 Å². The summed E-state index contributed by atoms with van der Waals surface area (Å²) < 4.78 is 26.0. The lowest BCUT2D eigenvalue weighted by Crippen LogP contribution is -2.27. The fourth-order valence-corrected chi connectivity index (χ4v) is 2.90. The Hall–Kier alpha value is -1.56. The van der Waals surface area contributed by atoms with E-state index < -0.39 is 10.0 Å². The van der Waals surface area contributed by atoms with E-state index >= 15 is 0 Å². The number of nitrogens with one attached hydrogen (secondary N) is 2. The predicted octanol–water partition coefficient (Wildman–Crippen LogP) is 1.73. The molecule has 0 spiro atoms. The van der Waals surface area contributed by atoms with Gasteiger partial charge in [-0.3, -0.25) is 9.52 Å². The zero-order valence-corrected chi connectivity index (χ0v) is 11.7. The molecule has 104 valence electrons. The molecule has 6 heteroatoms. The number of para-hydroxylation sites is 1. The van der Waals surface area contributed by atoms with Gasteiger partial charge in [-0.15, -0.1) is 0 Å². The molecule has 1 aliphatic rings. The van der Waals surface area contributed by atoms with E-state index in [9.17, 15) is 13.2 Å². The summed E-state index contributed by atoms with van der Waals surface area (Å²) in [6.07, 6.45) is 2.52. The maximum Gasteiger partial charge on any atom is 0.253 e. The third-order valence-electron chi connectivity index (χ3n) is 2.82. The van der Waals surface area contributed by atoms with Crippen molar-refractivity contribution in [3.63, 3.8) is 0 Å². The van der Waals surface area contributed by atoms with Crippen LogP contribution in [-0.4, -0.2) is 26.1 Å². The quantitative estimate of drug-likeness (QED) is 0.834. The molecule has 1 fully saturated rings. The fraction of sp³-hybridized carbons (Fsp3) is 0.462. The van der Waals surface area contributed by atoms with Crippen molar-refractivity contribution in [2.75, 3.05) is 10.5 Å². The van der Waals surface area contributed by atoms with Crippen LogP contribution in [0.3, 0.4) is 0 Å². The van der Waals surface area contributed by atoms with E-state index in [0.29, 0.717) is 17.7 Å². The normalized spacial score (nSPS) is 15.0. The molecule has 2 rings (SSSR count). The highest BCUT2D eigenvalue weighted by atomic mass is 32.2. The Kier molecular flexibility index (Phi) is 4.09. The summed E-state index contributed by atoms with van der Waals surface area (Å²) >= 11 is 0. The molecule has 1 amide bonds. The summed E-state index contributed by atoms with van der Waals surface area (Å²) in [6.45, 7) is 1.80. The second-order valence-corrected chi connectivity index (χ2v) is 6.56. The number of benzene rings is 1. The van der Waals surface area contributed by atoms with Crippen LogP contribution >= 0.6 is 0 Å². The van der Waals surface area contributed by atoms with Gasteiger partial charge in [0.15, 0.2) is 0 Å². The second-order valence-electron chi connectivity index (χ2n) is 4.71. The third kappa shape index (κ3) is 3.96. The van der Waals surface area contributed by atoms with Crippen molar-refractivity contribution in [3.8, 4) is 0 Å². The van der Waals surface area contributed by atoms with Crippen LogP contribution in [0, 0.1) is 0 Å². The fourth-order valence-electron chi connectivity index (χ4n) is 1.75. The van der Waals surface area contributed by atoms with Crippen LogP contribution in [0.5, 0.6) is 0 Å². The summed E-state index contributed by atoms with van der Waals surface area (Å²) in [4.78, 5) is 12.0. The molecule has 1 saturated carbocycles. The van der Waals surface area contributed by atoms with Crippen LogP contribution in [0.4, 0.5) is 5.69 Å². The Bertz CT molecular complexity index is 565. The molecule has 19 heavy (non-hydrogen) atoms. The second kappa shape index (κ2) is 5.61. The molecule has 0 unspecified atom stereocenters. The van der Waals surface area contributed by atoms with E-state index in [1.165, 1.54) is 0 Å². The molecular weight excluding hydrogens is 264 g/mol. The Morgan fingerprint density at radius 1 is 1.32 bits per heavy atom. The maximum atomic E-state index is 12.0. The smallest absolute Gasteiger partial charge is 0.253 e. The molecule has 0 aliphatic heterocycles. The van der Waals surface area contributed by atoms with Crippen molar-refractivity contribution in [2.24, 2.45) is 0 Å². The number of carbonyl (C=O) groups is 1. The van der Waals surface area contributed by atoms with E-state index in [1.807, 2.05) is 0 Å². The third-order valence-corrected chi connectivity index (χ3v) is 4.30. The molecule has 0 saturated heterocycles. The Morgan fingerprint density at radius 2 is 2.00 bits per heavy atom. The van der Waals surface area contributed by atoms with Crippen molar-refractivity contribution < 1.29 is 13.2 Å². The van der Waals surface area contributed by atoms with Crippen LogP contribution in [0.15, 0.2) is 24.3 Å². The van der Waals surface area contributed by atoms with Crippen LogP contribution < -0.4 is 10.0 Å². The van der Waals surface area contributed by atoms with Gasteiger partial charge in [0, 0.05) is 6.04 Å². The molecule has 0 heterocycles. The summed E-state index contributed by atoms with van der Waals surface area (Å²) in [6, 6.07) is 6.90. The van der Waals surface area contributed by atoms with Crippen molar-refractivity contribution in [1.82, 2.24) is 5.32 Å². The molecular formula is C13H18N2O3S. The largest absolute Gasteiger partial charge is 0.349 e. The number of rotatable bonds is 6. The highest BCUT2D eigenvalue weighted by Gasteiger charge is 2.25. The molecule has 1 aromatic rings. The van der Waals surface area contributed by atoms with Gasteiger partial charge in [0.05, 0.1) is 17.0 Å². The lowest BCUT2D eigenvalue weighted by Gasteiger charge is -2.12. The van der Waals surface area contributed by atoms with E-state index in [4.69, 9.17) is 0 Å². The average molecular weight is 282 g/mol. The van der Waals surface area contributed by atoms with Crippen molar-refractivity contribution in [1.29, 1.82) is 0 Å². The monoisotopic (exact) mass is 282 g/mol. The van der Waals surface area contributed by atoms with Crippen LogP contribution in [0.25, 0.3) is 0 Å². The lowest BCUT2D eigenvalue weighted by atomic mass is 10.1. The van der Waals surface area contributed by atoms with Gasteiger partial charge >= 0.3 is 0 Å². The molecule has 0 radical (unpaired) electrons. The van der Waals surface area contributed by atoms with Crippen molar-refractivity contribution >= 4 is 21.6 Å². The number of amides is 1.